The molecule has 28 heavy (non-hydrogen) atoms. The van der Waals surface area contributed by atoms with E-state index < -0.39 is 10.0 Å². The molecule has 0 bridgehead atoms. The second-order valence-electron chi connectivity index (χ2n) is 5.98. The van der Waals surface area contributed by atoms with E-state index in [0.29, 0.717) is 11.4 Å². The van der Waals surface area contributed by atoms with E-state index in [-0.39, 0.29) is 11.4 Å². The van der Waals surface area contributed by atoms with E-state index in [4.69, 9.17) is 11.6 Å². The number of sulfonamides is 1. The Morgan fingerprint density at radius 3 is 2.32 bits per heavy atom. The molecule has 0 aliphatic carbocycles. The van der Waals surface area contributed by atoms with Crippen molar-refractivity contribution in [2.75, 3.05) is 6.54 Å². The maximum absolute atomic E-state index is 12.5. The Hall–Kier alpha value is -1.97. The summed E-state index contributed by atoms with van der Waals surface area (Å²) in [6.07, 6.45) is 0.518. The van der Waals surface area contributed by atoms with Crippen LogP contribution in [0, 0.1) is 0 Å². The monoisotopic (exact) mass is 449 g/mol. The van der Waals surface area contributed by atoms with Gasteiger partial charge in [0.2, 0.25) is 10.0 Å². The van der Waals surface area contributed by atoms with Gasteiger partial charge in [-0.15, -0.1) is 22.7 Å². The van der Waals surface area contributed by atoms with E-state index in [2.05, 4.69) is 14.9 Å². The highest BCUT2D eigenvalue weighted by Crippen LogP contribution is 2.34. The van der Waals surface area contributed by atoms with E-state index in [9.17, 15) is 8.42 Å². The molecule has 5 nitrogen and oxygen atoms in total. The summed E-state index contributed by atoms with van der Waals surface area (Å²) >= 11 is 9.07. The van der Waals surface area contributed by atoms with Gasteiger partial charge in [-0.3, -0.25) is 5.10 Å². The molecule has 0 spiro atoms. The summed E-state index contributed by atoms with van der Waals surface area (Å²) in [5.74, 6) is 0. The van der Waals surface area contributed by atoms with Crippen molar-refractivity contribution in [3.05, 3.63) is 69.9 Å². The molecule has 0 aliphatic rings. The number of rotatable bonds is 7. The molecule has 0 unspecified atom stereocenters. The van der Waals surface area contributed by atoms with Gasteiger partial charge in [0.15, 0.2) is 0 Å². The molecule has 144 valence electrons. The smallest absolute Gasteiger partial charge is 0.240 e. The Balaban J connectivity index is 1.57. The number of benzene rings is 1. The minimum Gasteiger partial charge on any atom is -0.276 e. The van der Waals surface area contributed by atoms with Crippen LogP contribution in [0.1, 0.15) is 5.56 Å². The summed E-state index contributed by atoms with van der Waals surface area (Å²) in [5, 5.41) is 12.1. The number of thiophene rings is 2. The number of aromatic amines is 1. The lowest BCUT2D eigenvalue weighted by atomic mass is 10.1. The Kier molecular flexibility index (Phi) is 5.65. The summed E-state index contributed by atoms with van der Waals surface area (Å²) in [6, 6.07) is 14.1. The number of hydrogen-bond acceptors (Lipinski definition) is 5. The molecule has 0 atom stereocenters. The van der Waals surface area contributed by atoms with Crippen molar-refractivity contribution in [3.8, 4) is 21.1 Å². The van der Waals surface area contributed by atoms with Crippen LogP contribution in [-0.2, 0) is 16.4 Å². The van der Waals surface area contributed by atoms with E-state index >= 15 is 0 Å². The average Bonchev–Trinajstić information content (AvgIpc) is 3.43. The van der Waals surface area contributed by atoms with Crippen LogP contribution in [0.3, 0.4) is 0 Å². The van der Waals surface area contributed by atoms with Gasteiger partial charge in [-0.05, 0) is 53.6 Å². The lowest BCUT2D eigenvalue weighted by Gasteiger charge is -2.08. The lowest BCUT2D eigenvalue weighted by molar-refractivity contribution is 0.581. The molecule has 0 aliphatic heterocycles. The minimum absolute atomic E-state index is 0.195. The first-order valence-corrected chi connectivity index (χ1v) is 12.1. The summed E-state index contributed by atoms with van der Waals surface area (Å²) in [4.78, 5) is 2.32. The zero-order valence-electron chi connectivity index (χ0n) is 14.6. The van der Waals surface area contributed by atoms with Crippen molar-refractivity contribution in [3.63, 3.8) is 0 Å². The van der Waals surface area contributed by atoms with Crippen LogP contribution < -0.4 is 4.72 Å². The molecule has 3 aromatic heterocycles. The van der Waals surface area contributed by atoms with E-state index in [1.807, 2.05) is 35.0 Å². The first-order chi connectivity index (χ1) is 13.5. The molecule has 0 fully saturated rings. The fourth-order valence-electron chi connectivity index (χ4n) is 2.86. The average molecular weight is 450 g/mol. The molecule has 4 rings (SSSR count). The van der Waals surface area contributed by atoms with Gasteiger partial charge in [-0.2, -0.15) is 5.10 Å². The van der Waals surface area contributed by atoms with Crippen molar-refractivity contribution in [2.45, 2.75) is 11.3 Å². The maximum Gasteiger partial charge on any atom is 0.240 e. The van der Waals surface area contributed by atoms with E-state index in [1.165, 1.54) is 12.1 Å². The summed E-state index contributed by atoms with van der Waals surface area (Å²) in [5.41, 5.74) is 2.80. The van der Waals surface area contributed by atoms with Crippen LogP contribution >= 0.6 is 34.3 Å². The van der Waals surface area contributed by atoms with Gasteiger partial charge in [0.05, 0.1) is 20.3 Å². The first kappa shape index (κ1) is 19.4. The molecule has 2 N–H and O–H groups in total. The molecule has 0 saturated heterocycles. The number of halogens is 1. The molecule has 0 amide bonds. The van der Waals surface area contributed by atoms with Crippen molar-refractivity contribution >= 4 is 44.3 Å². The summed E-state index contributed by atoms with van der Waals surface area (Å²) in [6.45, 7) is 0.265. The summed E-state index contributed by atoms with van der Waals surface area (Å²) < 4.78 is 27.7. The first-order valence-electron chi connectivity index (χ1n) is 8.45. The summed E-state index contributed by atoms with van der Waals surface area (Å²) in [7, 11) is -3.60. The Morgan fingerprint density at radius 1 is 1.00 bits per heavy atom. The van der Waals surface area contributed by atoms with Gasteiger partial charge in [0.25, 0.3) is 0 Å². The third-order valence-corrected chi connectivity index (χ3v) is 7.67. The van der Waals surface area contributed by atoms with Gasteiger partial charge >= 0.3 is 0 Å². The second-order valence-corrected chi connectivity index (χ2v) is 10.1. The number of hydrogen-bond donors (Lipinski definition) is 2. The largest absolute Gasteiger partial charge is 0.276 e. The molecular weight excluding hydrogens is 434 g/mol. The van der Waals surface area contributed by atoms with E-state index in [0.717, 1.165) is 26.7 Å². The Bertz CT molecular complexity index is 1100. The SMILES string of the molecule is O=S(=O)(NCCc1c(-c2cccs2)n[nH]c1-c1cccs1)c1ccc(Cl)cc1. The lowest BCUT2D eigenvalue weighted by Crippen LogP contribution is -2.26. The molecule has 0 saturated carbocycles. The van der Waals surface area contributed by atoms with Crippen LogP contribution in [-0.4, -0.2) is 25.2 Å². The van der Waals surface area contributed by atoms with Crippen LogP contribution in [0.25, 0.3) is 21.1 Å². The Labute approximate surface area is 176 Å². The van der Waals surface area contributed by atoms with Crippen molar-refractivity contribution < 1.29 is 8.42 Å². The third kappa shape index (κ3) is 4.06. The number of H-pyrrole nitrogens is 1. The molecule has 3 heterocycles. The molecule has 9 heteroatoms. The predicted octanol–water partition coefficient (Wildman–Crippen LogP) is 5.04. The number of aromatic nitrogens is 2. The molecule has 1 aromatic carbocycles. The highest BCUT2D eigenvalue weighted by atomic mass is 35.5. The Morgan fingerprint density at radius 2 is 1.68 bits per heavy atom. The fraction of sp³-hybridized carbons (Fsp3) is 0.105. The number of nitrogens with zero attached hydrogens (tertiary/aromatic N) is 1. The quantitative estimate of drug-likeness (QED) is 0.415. The normalized spacial score (nSPS) is 11.8. The molecular formula is C19H16ClN3O2S3. The van der Waals surface area contributed by atoms with Crippen LogP contribution in [0.4, 0.5) is 0 Å². The van der Waals surface area contributed by atoms with Crippen molar-refractivity contribution in [1.29, 1.82) is 0 Å². The van der Waals surface area contributed by atoms with Crippen molar-refractivity contribution in [1.82, 2.24) is 14.9 Å². The molecule has 4 aromatic rings. The van der Waals surface area contributed by atoms with Crippen LogP contribution in [0.2, 0.25) is 5.02 Å². The van der Waals surface area contributed by atoms with Gasteiger partial charge in [-0.1, -0.05) is 23.7 Å². The van der Waals surface area contributed by atoms with Crippen LogP contribution in [0.15, 0.2) is 64.2 Å². The fourth-order valence-corrected chi connectivity index (χ4v) is 5.50. The predicted molar refractivity (Wildman–Crippen MR) is 116 cm³/mol. The highest BCUT2D eigenvalue weighted by Gasteiger charge is 2.19. The number of nitrogens with one attached hydrogen (secondary N) is 2. The topological polar surface area (TPSA) is 74.8 Å². The van der Waals surface area contributed by atoms with Gasteiger partial charge < -0.3 is 0 Å². The molecule has 0 radical (unpaired) electrons. The van der Waals surface area contributed by atoms with Gasteiger partial charge in [-0.25, -0.2) is 13.1 Å². The maximum atomic E-state index is 12.5. The van der Waals surface area contributed by atoms with Gasteiger partial charge in [0.1, 0.15) is 5.69 Å². The zero-order chi connectivity index (χ0) is 19.6. The zero-order valence-corrected chi connectivity index (χ0v) is 17.8. The van der Waals surface area contributed by atoms with Crippen LogP contribution in [0.5, 0.6) is 0 Å². The minimum atomic E-state index is -3.60. The van der Waals surface area contributed by atoms with Gasteiger partial charge in [0, 0.05) is 17.1 Å². The van der Waals surface area contributed by atoms with Crippen molar-refractivity contribution in [2.24, 2.45) is 0 Å². The second kappa shape index (κ2) is 8.18. The highest BCUT2D eigenvalue weighted by molar-refractivity contribution is 7.89. The standard InChI is InChI=1S/C19H16ClN3O2S3/c20-13-5-7-14(8-6-13)28(24,25)21-10-9-15-18(16-3-1-11-26-16)22-23-19(15)17-4-2-12-27-17/h1-8,11-12,21H,9-10H2,(H,22,23). The van der Waals surface area contributed by atoms with E-state index in [1.54, 1.807) is 34.8 Å². The third-order valence-electron chi connectivity index (χ3n) is 4.18.